The lowest BCUT2D eigenvalue weighted by Crippen LogP contribution is -2.45. The van der Waals surface area contributed by atoms with Crippen LogP contribution in [0, 0.1) is 13.8 Å². The molecule has 0 N–H and O–H groups in total. The van der Waals surface area contributed by atoms with Crippen LogP contribution in [0.1, 0.15) is 36.0 Å². The van der Waals surface area contributed by atoms with E-state index in [9.17, 15) is 4.79 Å². The van der Waals surface area contributed by atoms with Gasteiger partial charge in [0.05, 0.1) is 6.42 Å². The largest absolute Gasteiger partial charge is 0.341 e. The second kappa shape index (κ2) is 8.33. The highest BCUT2D eigenvalue weighted by Gasteiger charge is 2.26. The number of carbonyl (C=O) groups excluding carboxylic acids is 1. The third-order valence-electron chi connectivity index (χ3n) is 6.01. The number of amides is 1. The smallest absolute Gasteiger partial charge is 0.227 e. The van der Waals surface area contributed by atoms with E-state index >= 15 is 0 Å². The van der Waals surface area contributed by atoms with Gasteiger partial charge < -0.3 is 9.80 Å². The van der Waals surface area contributed by atoms with Gasteiger partial charge in [-0.3, -0.25) is 9.69 Å². The van der Waals surface area contributed by atoms with Crippen molar-refractivity contribution in [2.75, 3.05) is 46.3 Å². The molecule has 0 unspecified atom stereocenters. The fourth-order valence-electron chi connectivity index (χ4n) is 4.11. The molecule has 2 heterocycles. The summed E-state index contributed by atoms with van der Waals surface area (Å²) in [6, 6.07) is 7.10. The van der Waals surface area contributed by atoms with Crippen molar-refractivity contribution in [3.05, 3.63) is 34.9 Å². The van der Waals surface area contributed by atoms with Crippen molar-refractivity contribution < 1.29 is 4.79 Å². The van der Waals surface area contributed by atoms with E-state index in [4.69, 9.17) is 0 Å². The molecule has 4 heteroatoms. The maximum absolute atomic E-state index is 12.7. The number of likely N-dealkylation sites (tertiary alicyclic amines) is 1. The minimum absolute atomic E-state index is 0.286. The number of benzene rings is 1. The van der Waals surface area contributed by atoms with Gasteiger partial charge in [-0.1, -0.05) is 18.2 Å². The van der Waals surface area contributed by atoms with Crippen molar-refractivity contribution in [3.8, 4) is 0 Å². The van der Waals surface area contributed by atoms with Gasteiger partial charge in [-0.05, 0) is 69.9 Å². The van der Waals surface area contributed by atoms with E-state index in [1.165, 1.54) is 37.1 Å². The Kier molecular flexibility index (Phi) is 6.13. The van der Waals surface area contributed by atoms with Gasteiger partial charge in [-0.15, -0.1) is 0 Å². The molecular weight excluding hydrogens is 310 g/mol. The van der Waals surface area contributed by atoms with Gasteiger partial charge in [0.15, 0.2) is 0 Å². The zero-order chi connectivity index (χ0) is 17.8. The van der Waals surface area contributed by atoms with Gasteiger partial charge in [0.25, 0.3) is 0 Å². The molecule has 1 aromatic carbocycles. The average molecular weight is 344 g/mol. The lowest BCUT2D eigenvalue weighted by atomic mass is 10.0. The Morgan fingerprint density at radius 1 is 1.00 bits per heavy atom. The first kappa shape index (κ1) is 18.4. The highest BCUT2D eigenvalue weighted by Crippen LogP contribution is 2.18. The summed E-state index contributed by atoms with van der Waals surface area (Å²) in [6.45, 7) is 10.6. The highest BCUT2D eigenvalue weighted by atomic mass is 16.2. The fraction of sp³-hybridized carbons (Fsp3) is 0.667. The van der Waals surface area contributed by atoms with E-state index in [1.807, 2.05) is 0 Å². The lowest BCUT2D eigenvalue weighted by Gasteiger charge is -2.36. The van der Waals surface area contributed by atoms with Gasteiger partial charge in [-0.2, -0.15) is 0 Å². The predicted octanol–water partition coefficient (Wildman–Crippen LogP) is 2.47. The lowest BCUT2D eigenvalue weighted by molar-refractivity contribution is -0.130. The first-order chi connectivity index (χ1) is 12.0. The van der Waals surface area contributed by atoms with Gasteiger partial charge in [0.2, 0.25) is 5.91 Å². The number of carbonyl (C=O) groups is 1. The minimum atomic E-state index is 0.286. The predicted molar refractivity (Wildman–Crippen MR) is 103 cm³/mol. The summed E-state index contributed by atoms with van der Waals surface area (Å²) in [5.74, 6) is 0.286. The molecule has 2 saturated heterocycles. The van der Waals surface area contributed by atoms with Crippen LogP contribution in [0.15, 0.2) is 18.2 Å². The van der Waals surface area contributed by atoms with Crippen LogP contribution < -0.4 is 0 Å². The number of aryl methyl sites for hydroxylation is 2. The molecule has 0 bridgehead atoms. The third kappa shape index (κ3) is 4.83. The normalized spacial score (nSPS) is 21.3. The van der Waals surface area contributed by atoms with Crippen LogP contribution >= 0.6 is 0 Å². The quantitative estimate of drug-likeness (QED) is 0.844. The summed E-state index contributed by atoms with van der Waals surface area (Å²) in [7, 11) is 2.21. The Balaban J connectivity index is 1.53. The van der Waals surface area contributed by atoms with E-state index in [1.54, 1.807) is 0 Å². The molecule has 0 spiro atoms. The van der Waals surface area contributed by atoms with Crippen molar-refractivity contribution in [2.45, 2.75) is 45.6 Å². The highest BCUT2D eigenvalue weighted by molar-refractivity contribution is 5.78. The first-order valence-electron chi connectivity index (χ1n) is 9.79. The fourth-order valence-corrected chi connectivity index (χ4v) is 4.11. The molecule has 2 aliphatic rings. The zero-order valence-electron chi connectivity index (χ0n) is 16.1. The average Bonchev–Trinajstić information content (AvgIpc) is 2.85. The van der Waals surface area contributed by atoms with Crippen LogP contribution in [0.2, 0.25) is 0 Å². The van der Waals surface area contributed by atoms with Gasteiger partial charge >= 0.3 is 0 Å². The standard InChI is InChI=1S/C21H33N3O/c1-17-5-6-19(15-18(17)2)16-21(25)24-10-4-9-23(13-14-24)20-7-11-22(3)12-8-20/h5-6,15,20H,4,7-14,16H2,1-3H3. The summed E-state index contributed by atoms with van der Waals surface area (Å²) >= 11 is 0. The number of piperidine rings is 1. The van der Waals surface area contributed by atoms with Crippen LogP contribution in [0.3, 0.4) is 0 Å². The van der Waals surface area contributed by atoms with Crippen LogP contribution in [0.5, 0.6) is 0 Å². The molecule has 4 nitrogen and oxygen atoms in total. The van der Waals surface area contributed by atoms with Gasteiger partial charge in [0, 0.05) is 32.2 Å². The number of hydrogen-bond donors (Lipinski definition) is 0. The molecule has 3 rings (SSSR count). The number of rotatable bonds is 3. The second-order valence-corrected chi connectivity index (χ2v) is 7.90. The Hall–Kier alpha value is -1.39. The molecule has 1 aromatic rings. The molecule has 1 amide bonds. The van der Waals surface area contributed by atoms with Crippen molar-refractivity contribution in [2.24, 2.45) is 0 Å². The summed E-state index contributed by atoms with van der Waals surface area (Å²) in [6.07, 6.45) is 4.18. The van der Waals surface area contributed by atoms with E-state index in [0.717, 1.165) is 38.2 Å². The SMILES string of the molecule is Cc1ccc(CC(=O)N2CCCN(C3CCN(C)CC3)CC2)cc1C. The molecule has 0 saturated carbocycles. The van der Waals surface area contributed by atoms with Gasteiger partial charge in [-0.25, -0.2) is 0 Å². The van der Waals surface area contributed by atoms with Crippen molar-refractivity contribution in [1.29, 1.82) is 0 Å². The molecule has 2 aliphatic heterocycles. The number of hydrogen-bond acceptors (Lipinski definition) is 3. The molecular formula is C21H33N3O. The van der Waals surface area contributed by atoms with E-state index < -0.39 is 0 Å². The molecule has 0 aromatic heterocycles. The molecule has 2 fully saturated rings. The molecule has 25 heavy (non-hydrogen) atoms. The van der Waals surface area contributed by atoms with Crippen LogP contribution in [0.4, 0.5) is 0 Å². The van der Waals surface area contributed by atoms with Gasteiger partial charge in [0.1, 0.15) is 0 Å². The monoisotopic (exact) mass is 343 g/mol. The molecule has 0 atom stereocenters. The summed E-state index contributed by atoms with van der Waals surface area (Å²) < 4.78 is 0. The maximum atomic E-state index is 12.7. The molecule has 138 valence electrons. The Morgan fingerprint density at radius 3 is 2.48 bits per heavy atom. The zero-order valence-corrected chi connectivity index (χ0v) is 16.1. The van der Waals surface area contributed by atoms with Crippen LogP contribution in [-0.4, -0.2) is 73.0 Å². The third-order valence-corrected chi connectivity index (χ3v) is 6.01. The Labute approximate surface area is 152 Å². The number of nitrogens with zero attached hydrogens (tertiary/aromatic N) is 3. The van der Waals surface area contributed by atoms with E-state index in [-0.39, 0.29) is 5.91 Å². The van der Waals surface area contributed by atoms with Crippen molar-refractivity contribution >= 4 is 5.91 Å². The van der Waals surface area contributed by atoms with Crippen molar-refractivity contribution in [3.63, 3.8) is 0 Å². The summed E-state index contributed by atoms with van der Waals surface area (Å²) in [5.41, 5.74) is 3.71. The van der Waals surface area contributed by atoms with Crippen molar-refractivity contribution in [1.82, 2.24) is 14.7 Å². The van der Waals surface area contributed by atoms with Crippen LogP contribution in [0.25, 0.3) is 0 Å². The van der Waals surface area contributed by atoms with E-state index in [2.05, 4.69) is 53.8 Å². The van der Waals surface area contributed by atoms with E-state index in [0.29, 0.717) is 12.5 Å². The van der Waals surface area contributed by atoms with Crippen LogP contribution in [-0.2, 0) is 11.2 Å². The first-order valence-corrected chi connectivity index (χ1v) is 9.79. The second-order valence-electron chi connectivity index (χ2n) is 7.90. The summed E-state index contributed by atoms with van der Waals surface area (Å²) in [4.78, 5) is 19.9. The molecule has 0 radical (unpaired) electrons. The topological polar surface area (TPSA) is 26.8 Å². The summed E-state index contributed by atoms with van der Waals surface area (Å²) in [5, 5.41) is 0. The Bertz CT molecular complexity index is 593. The maximum Gasteiger partial charge on any atom is 0.227 e. The molecule has 0 aliphatic carbocycles. The Morgan fingerprint density at radius 2 is 1.76 bits per heavy atom. The minimum Gasteiger partial charge on any atom is -0.341 e.